The average Bonchev–Trinajstić information content (AvgIpc) is 3.39. The zero-order valence-corrected chi connectivity index (χ0v) is 14.7. The second-order valence-corrected chi connectivity index (χ2v) is 7.21. The maximum absolute atomic E-state index is 13.0. The molecule has 4 rings (SSSR count). The molecule has 2 aliphatic carbocycles. The van der Waals surface area contributed by atoms with Gasteiger partial charge in [0.15, 0.2) is 0 Å². The van der Waals surface area contributed by atoms with Gasteiger partial charge in [0, 0.05) is 23.0 Å². The highest BCUT2D eigenvalue weighted by Gasteiger charge is 2.34. The third-order valence-electron chi connectivity index (χ3n) is 5.43. The second kappa shape index (κ2) is 6.59. The van der Waals surface area contributed by atoms with E-state index in [0.717, 1.165) is 35.9 Å². The zero-order chi connectivity index (χ0) is 18.3. The van der Waals surface area contributed by atoms with Gasteiger partial charge in [-0.15, -0.1) is 0 Å². The molecule has 0 spiro atoms. The van der Waals surface area contributed by atoms with Crippen molar-refractivity contribution >= 4 is 22.8 Å². The van der Waals surface area contributed by atoms with Crippen LogP contribution in [0.1, 0.15) is 54.1 Å². The first-order valence-corrected chi connectivity index (χ1v) is 9.09. The Morgan fingerprint density at radius 3 is 2.69 bits per heavy atom. The summed E-state index contributed by atoms with van der Waals surface area (Å²) in [5.41, 5.74) is 2.25. The molecule has 6 nitrogen and oxygen atoms in total. The molecule has 2 fully saturated rings. The Morgan fingerprint density at radius 1 is 1.19 bits per heavy atom. The van der Waals surface area contributed by atoms with Crippen molar-refractivity contribution in [3.8, 4) is 5.75 Å². The lowest BCUT2D eigenvalue weighted by Crippen LogP contribution is -2.40. The van der Waals surface area contributed by atoms with E-state index in [2.05, 4.69) is 5.32 Å². The topological polar surface area (TPSA) is 88.5 Å². The summed E-state index contributed by atoms with van der Waals surface area (Å²) < 4.78 is 5.29. The minimum Gasteiger partial charge on any atom is -0.497 e. The highest BCUT2D eigenvalue weighted by molar-refractivity contribution is 6.06. The predicted molar refractivity (Wildman–Crippen MR) is 96.5 cm³/mol. The number of carbonyl (C=O) groups excluding carboxylic acids is 1. The van der Waals surface area contributed by atoms with Gasteiger partial charge in [0.1, 0.15) is 5.75 Å². The quantitative estimate of drug-likeness (QED) is 0.861. The van der Waals surface area contributed by atoms with Crippen molar-refractivity contribution in [1.82, 2.24) is 10.3 Å². The lowest BCUT2D eigenvalue weighted by Gasteiger charge is -2.18. The maximum atomic E-state index is 13.0. The van der Waals surface area contributed by atoms with Gasteiger partial charge in [0.2, 0.25) is 0 Å². The van der Waals surface area contributed by atoms with Crippen LogP contribution >= 0.6 is 0 Å². The van der Waals surface area contributed by atoms with Crippen LogP contribution in [0.25, 0.3) is 10.9 Å². The van der Waals surface area contributed by atoms with E-state index in [1.807, 2.05) is 24.3 Å². The number of rotatable bonds is 5. The summed E-state index contributed by atoms with van der Waals surface area (Å²) in [5, 5.41) is 13.0. The zero-order valence-electron chi connectivity index (χ0n) is 14.7. The first-order chi connectivity index (χ1) is 12.6. The summed E-state index contributed by atoms with van der Waals surface area (Å²) in [4.78, 5) is 29.1. The Bertz CT molecular complexity index is 875. The highest BCUT2D eigenvalue weighted by Crippen LogP contribution is 2.40. The van der Waals surface area contributed by atoms with Crippen LogP contribution in [0.15, 0.2) is 24.3 Å². The van der Waals surface area contributed by atoms with Crippen LogP contribution in [0.5, 0.6) is 5.75 Å². The molecule has 0 saturated heterocycles. The normalized spacial score (nSPS) is 22.3. The van der Waals surface area contributed by atoms with E-state index in [4.69, 9.17) is 9.72 Å². The standard InChI is InChI=1S/C20H22N2O4/c1-26-12-7-8-17-14(9-12)15(10-18(21-17)11-5-6-11)19(23)22-16-4-2-3-13(16)20(24)25/h7-11,13,16H,2-6H2,1H3,(H,22,23)(H,24,25)/t13-,16+/m0/s1. The van der Waals surface area contributed by atoms with Gasteiger partial charge in [-0.25, -0.2) is 0 Å². The van der Waals surface area contributed by atoms with Crippen LogP contribution in [-0.2, 0) is 4.79 Å². The molecule has 136 valence electrons. The van der Waals surface area contributed by atoms with Crippen LogP contribution < -0.4 is 10.1 Å². The van der Waals surface area contributed by atoms with Crippen molar-refractivity contribution in [2.45, 2.75) is 44.1 Å². The minimum absolute atomic E-state index is 0.231. The van der Waals surface area contributed by atoms with Crippen LogP contribution in [0.2, 0.25) is 0 Å². The van der Waals surface area contributed by atoms with E-state index >= 15 is 0 Å². The summed E-state index contributed by atoms with van der Waals surface area (Å²) in [5.74, 6) is -0.494. The second-order valence-electron chi connectivity index (χ2n) is 7.21. The summed E-state index contributed by atoms with van der Waals surface area (Å²) >= 11 is 0. The Kier molecular flexibility index (Phi) is 4.26. The molecule has 0 unspecified atom stereocenters. The SMILES string of the molecule is COc1ccc2nc(C3CC3)cc(C(=O)N[C@@H]3CCC[C@@H]3C(=O)O)c2c1. The largest absolute Gasteiger partial charge is 0.497 e. The van der Waals surface area contributed by atoms with Gasteiger partial charge >= 0.3 is 5.97 Å². The van der Waals surface area contributed by atoms with Gasteiger partial charge in [-0.3, -0.25) is 14.6 Å². The fraction of sp³-hybridized carbons (Fsp3) is 0.450. The van der Waals surface area contributed by atoms with Gasteiger partial charge in [0.05, 0.1) is 24.1 Å². The molecule has 26 heavy (non-hydrogen) atoms. The van der Waals surface area contributed by atoms with Crippen LogP contribution in [0.4, 0.5) is 0 Å². The van der Waals surface area contributed by atoms with Crippen LogP contribution in [0.3, 0.4) is 0 Å². The molecular formula is C20H22N2O4. The van der Waals surface area contributed by atoms with Crippen molar-refractivity contribution in [2.75, 3.05) is 7.11 Å². The number of hydrogen-bond acceptors (Lipinski definition) is 4. The van der Waals surface area contributed by atoms with Crippen LogP contribution in [0, 0.1) is 5.92 Å². The monoisotopic (exact) mass is 354 g/mol. The molecule has 1 aromatic heterocycles. The minimum atomic E-state index is -0.840. The lowest BCUT2D eigenvalue weighted by molar-refractivity contribution is -0.142. The number of aromatic nitrogens is 1. The van der Waals surface area contributed by atoms with Crippen molar-refractivity contribution in [3.05, 3.63) is 35.5 Å². The Morgan fingerprint density at radius 2 is 2.00 bits per heavy atom. The molecule has 2 atom stereocenters. The van der Waals surface area contributed by atoms with Gasteiger partial charge in [0.25, 0.3) is 5.91 Å². The van der Waals surface area contributed by atoms with E-state index in [0.29, 0.717) is 30.1 Å². The Balaban J connectivity index is 1.71. The fourth-order valence-corrected chi connectivity index (χ4v) is 3.80. The number of aliphatic carboxylic acids is 1. The van der Waals surface area contributed by atoms with E-state index in [1.54, 1.807) is 7.11 Å². The third-order valence-corrected chi connectivity index (χ3v) is 5.43. The smallest absolute Gasteiger partial charge is 0.308 e. The molecule has 0 radical (unpaired) electrons. The van der Waals surface area contributed by atoms with Crippen molar-refractivity contribution < 1.29 is 19.4 Å². The van der Waals surface area contributed by atoms with Gasteiger partial charge in [-0.2, -0.15) is 0 Å². The molecule has 1 amide bonds. The molecule has 0 aliphatic heterocycles. The number of carboxylic acid groups (broad SMARTS) is 1. The molecule has 0 bridgehead atoms. The van der Waals surface area contributed by atoms with E-state index in [1.165, 1.54) is 0 Å². The number of carbonyl (C=O) groups is 2. The predicted octanol–water partition coefficient (Wildman–Crippen LogP) is 3.10. The summed E-state index contributed by atoms with van der Waals surface area (Å²) in [6.07, 6.45) is 4.32. The number of methoxy groups -OCH3 is 1. The number of pyridine rings is 1. The molecule has 1 heterocycles. The van der Waals surface area contributed by atoms with Gasteiger partial charge in [-0.05, 0) is 49.9 Å². The molecule has 2 saturated carbocycles. The maximum Gasteiger partial charge on any atom is 0.308 e. The molecule has 2 aromatic rings. The van der Waals surface area contributed by atoms with Crippen molar-refractivity contribution in [2.24, 2.45) is 5.92 Å². The number of amides is 1. The Labute approximate surface area is 151 Å². The van der Waals surface area contributed by atoms with Gasteiger partial charge in [-0.1, -0.05) is 6.42 Å². The van der Waals surface area contributed by atoms with Crippen molar-refractivity contribution in [3.63, 3.8) is 0 Å². The number of hydrogen-bond donors (Lipinski definition) is 2. The number of fused-ring (bicyclic) bond motifs is 1. The summed E-state index contributed by atoms with van der Waals surface area (Å²) in [7, 11) is 1.59. The average molecular weight is 354 g/mol. The molecule has 1 aromatic carbocycles. The molecule has 6 heteroatoms. The first-order valence-electron chi connectivity index (χ1n) is 9.09. The number of carboxylic acids is 1. The van der Waals surface area contributed by atoms with E-state index < -0.39 is 11.9 Å². The van der Waals surface area contributed by atoms with E-state index in [9.17, 15) is 14.7 Å². The molecular weight excluding hydrogens is 332 g/mol. The fourth-order valence-electron chi connectivity index (χ4n) is 3.80. The molecule has 2 N–H and O–H groups in total. The lowest BCUT2D eigenvalue weighted by atomic mass is 10.0. The number of nitrogens with one attached hydrogen (secondary N) is 1. The number of ether oxygens (including phenoxy) is 1. The van der Waals surface area contributed by atoms with Gasteiger partial charge < -0.3 is 15.2 Å². The highest BCUT2D eigenvalue weighted by atomic mass is 16.5. The number of nitrogens with zero attached hydrogens (tertiary/aromatic N) is 1. The summed E-state index contributed by atoms with van der Waals surface area (Å²) in [6, 6.07) is 7.06. The number of benzene rings is 1. The van der Waals surface area contributed by atoms with Crippen molar-refractivity contribution in [1.29, 1.82) is 0 Å². The first kappa shape index (κ1) is 16.8. The van der Waals surface area contributed by atoms with E-state index in [-0.39, 0.29) is 11.9 Å². The van der Waals surface area contributed by atoms with Crippen LogP contribution in [-0.4, -0.2) is 35.1 Å². The third kappa shape index (κ3) is 3.11. The summed E-state index contributed by atoms with van der Waals surface area (Å²) in [6.45, 7) is 0. The molecule has 2 aliphatic rings. The Hall–Kier alpha value is -2.63.